The van der Waals surface area contributed by atoms with Crippen LogP contribution < -0.4 is 5.32 Å². The van der Waals surface area contributed by atoms with Gasteiger partial charge in [-0.25, -0.2) is 9.59 Å². The third kappa shape index (κ3) is 4.55. The number of carbonyl (C=O) groups is 2. The van der Waals surface area contributed by atoms with Gasteiger partial charge < -0.3 is 15.3 Å². The van der Waals surface area contributed by atoms with Gasteiger partial charge in [0.1, 0.15) is 6.04 Å². The molecular formula is C13H24N2O3. The second-order valence-electron chi connectivity index (χ2n) is 5.41. The van der Waals surface area contributed by atoms with Crippen molar-refractivity contribution in [2.45, 2.75) is 58.5 Å². The second-order valence-corrected chi connectivity index (χ2v) is 5.41. The van der Waals surface area contributed by atoms with Gasteiger partial charge in [-0.3, -0.25) is 0 Å². The first-order chi connectivity index (χ1) is 8.45. The Bertz CT molecular complexity index is 301. The molecule has 0 saturated heterocycles. The predicted molar refractivity (Wildman–Crippen MR) is 69.4 cm³/mol. The smallest absolute Gasteiger partial charge is 0.326 e. The summed E-state index contributed by atoms with van der Waals surface area (Å²) in [6.07, 6.45) is 3.28. The molecule has 2 amide bonds. The molecule has 1 saturated carbocycles. The highest BCUT2D eigenvalue weighted by Crippen LogP contribution is 2.27. The van der Waals surface area contributed by atoms with E-state index in [1.165, 1.54) is 0 Å². The zero-order valence-electron chi connectivity index (χ0n) is 11.5. The molecule has 0 radical (unpaired) electrons. The SMILES string of the molecule is CCC[C@@H](NC(=O)N(CC(C)C)C1CC1)C(=O)O. The van der Waals surface area contributed by atoms with Crippen LogP contribution in [-0.2, 0) is 4.79 Å². The van der Waals surface area contributed by atoms with Crippen LogP contribution in [0.15, 0.2) is 0 Å². The molecule has 0 heterocycles. The van der Waals surface area contributed by atoms with Gasteiger partial charge in [0.25, 0.3) is 0 Å². The van der Waals surface area contributed by atoms with Gasteiger partial charge in [0, 0.05) is 12.6 Å². The molecule has 1 rings (SSSR count). The number of hydrogen-bond acceptors (Lipinski definition) is 2. The van der Waals surface area contributed by atoms with E-state index in [4.69, 9.17) is 5.11 Å². The second kappa shape index (κ2) is 6.61. The molecule has 104 valence electrons. The van der Waals surface area contributed by atoms with E-state index < -0.39 is 12.0 Å². The summed E-state index contributed by atoms with van der Waals surface area (Å²) in [6, 6.07) is -0.688. The maximum Gasteiger partial charge on any atom is 0.326 e. The molecule has 0 unspecified atom stereocenters. The largest absolute Gasteiger partial charge is 0.480 e. The van der Waals surface area contributed by atoms with Crippen LogP contribution in [0.2, 0.25) is 0 Å². The van der Waals surface area contributed by atoms with Gasteiger partial charge in [0.15, 0.2) is 0 Å². The third-order valence-electron chi connectivity index (χ3n) is 2.98. The van der Waals surface area contributed by atoms with E-state index in [0.717, 1.165) is 19.3 Å². The lowest BCUT2D eigenvalue weighted by atomic mass is 10.1. The Morgan fingerprint density at radius 1 is 1.39 bits per heavy atom. The minimum absolute atomic E-state index is 0.230. The van der Waals surface area contributed by atoms with Crippen molar-refractivity contribution in [1.29, 1.82) is 0 Å². The predicted octanol–water partition coefficient (Wildman–Crippen LogP) is 2.07. The number of hydrogen-bond donors (Lipinski definition) is 2. The van der Waals surface area contributed by atoms with Crippen LogP contribution in [0, 0.1) is 5.92 Å². The monoisotopic (exact) mass is 256 g/mol. The van der Waals surface area contributed by atoms with E-state index in [1.807, 2.05) is 6.92 Å². The number of nitrogens with one attached hydrogen (secondary N) is 1. The van der Waals surface area contributed by atoms with Gasteiger partial charge in [0.2, 0.25) is 0 Å². The van der Waals surface area contributed by atoms with E-state index in [0.29, 0.717) is 24.9 Å². The van der Waals surface area contributed by atoms with E-state index in [2.05, 4.69) is 19.2 Å². The Hall–Kier alpha value is -1.26. The molecule has 5 heteroatoms. The van der Waals surface area contributed by atoms with Gasteiger partial charge >= 0.3 is 12.0 Å². The Kier molecular flexibility index (Phi) is 5.44. The summed E-state index contributed by atoms with van der Waals surface area (Å²) in [4.78, 5) is 24.9. The highest BCUT2D eigenvalue weighted by molar-refractivity contribution is 5.82. The molecule has 0 aromatic carbocycles. The maximum atomic E-state index is 12.1. The van der Waals surface area contributed by atoms with Crippen LogP contribution in [0.4, 0.5) is 4.79 Å². The number of aliphatic carboxylic acids is 1. The quantitative estimate of drug-likeness (QED) is 0.732. The number of nitrogens with zero attached hydrogens (tertiary/aromatic N) is 1. The molecule has 5 nitrogen and oxygen atoms in total. The normalized spacial score (nSPS) is 16.4. The summed E-state index contributed by atoms with van der Waals surface area (Å²) in [5.74, 6) is -0.559. The average Bonchev–Trinajstić information content (AvgIpc) is 3.08. The summed E-state index contributed by atoms with van der Waals surface area (Å²) in [7, 11) is 0. The molecule has 0 bridgehead atoms. The highest BCUT2D eigenvalue weighted by Gasteiger charge is 2.34. The van der Waals surface area contributed by atoms with E-state index in [-0.39, 0.29) is 6.03 Å². The Labute approximate surface area is 109 Å². The minimum Gasteiger partial charge on any atom is -0.480 e. The van der Waals surface area contributed by atoms with E-state index in [1.54, 1.807) is 4.90 Å². The van der Waals surface area contributed by atoms with Crippen LogP contribution in [0.3, 0.4) is 0 Å². The Morgan fingerprint density at radius 3 is 2.39 bits per heavy atom. The first-order valence-corrected chi connectivity index (χ1v) is 6.75. The first-order valence-electron chi connectivity index (χ1n) is 6.75. The lowest BCUT2D eigenvalue weighted by Gasteiger charge is -2.26. The standard InChI is InChI=1S/C13H24N2O3/c1-4-5-11(12(16)17)14-13(18)15(8-9(2)3)10-6-7-10/h9-11H,4-8H2,1-3H3,(H,14,18)(H,16,17)/t11-/m1/s1. The molecule has 1 fully saturated rings. The molecule has 1 aliphatic rings. The Morgan fingerprint density at radius 2 is 2.00 bits per heavy atom. The molecule has 1 atom stereocenters. The molecule has 2 N–H and O–H groups in total. The lowest BCUT2D eigenvalue weighted by Crippen LogP contribution is -2.49. The fourth-order valence-corrected chi connectivity index (χ4v) is 1.96. The van der Waals surface area contributed by atoms with E-state index >= 15 is 0 Å². The fraction of sp³-hybridized carbons (Fsp3) is 0.846. The summed E-state index contributed by atoms with van der Waals surface area (Å²) >= 11 is 0. The molecule has 0 aliphatic heterocycles. The molecule has 0 aromatic rings. The highest BCUT2D eigenvalue weighted by atomic mass is 16.4. The number of carboxylic acid groups (broad SMARTS) is 1. The molecule has 0 spiro atoms. The van der Waals surface area contributed by atoms with Gasteiger partial charge in [-0.1, -0.05) is 27.2 Å². The zero-order valence-corrected chi connectivity index (χ0v) is 11.5. The van der Waals surface area contributed by atoms with Gasteiger partial charge in [0.05, 0.1) is 0 Å². The average molecular weight is 256 g/mol. The van der Waals surface area contributed by atoms with Crippen LogP contribution in [0.5, 0.6) is 0 Å². The van der Waals surface area contributed by atoms with Crippen molar-refractivity contribution >= 4 is 12.0 Å². The number of carboxylic acids is 1. The summed E-state index contributed by atoms with van der Waals surface area (Å²) in [5, 5.41) is 11.7. The minimum atomic E-state index is -0.953. The number of carbonyl (C=O) groups excluding carboxylic acids is 1. The maximum absolute atomic E-state index is 12.1. The van der Waals surface area contributed by atoms with Gasteiger partial charge in [-0.2, -0.15) is 0 Å². The Balaban J connectivity index is 2.56. The van der Waals surface area contributed by atoms with Crippen LogP contribution in [-0.4, -0.2) is 40.6 Å². The topological polar surface area (TPSA) is 69.6 Å². The summed E-state index contributed by atoms with van der Waals surface area (Å²) in [6.45, 7) is 6.72. The third-order valence-corrected chi connectivity index (χ3v) is 2.98. The van der Waals surface area contributed by atoms with Gasteiger partial charge in [-0.05, 0) is 25.2 Å². The van der Waals surface area contributed by atoms with Crippen molar-refractivity contribution in [3.8, 4) is 0 Å². The van der Waals surface area contributed by atoms with Crippen LogP contribution in [0.25, 0.3) is 0 Å². The van der Waals surface area contributed by atoms with Crippen LogP contribution >= 0.6 is 0 Å². The number of rotatable bonds is 7. The summed E-state index contributed by atoms with van der Waals surface area (Å²) in [5.41, 5.74) is 0. The lowest BCUT2D eigenvalue weighted by molar-refractivity contribution is -0.139. The molecule has 1 aliphatic carbocycles. The molecule has 18 heavy (non-hydrogen) atoms. The van der Waals surface area contributed by atoms with Crippen molar-refractivity contribution in [2.75, 3.05) is 6.54 Å². The van der Waals surface area contributed by atoms with Crippen molar-refractivity contribution in [1.82, 2.24) is 10.2 Å². The number of urea groups is 1. The van der Waals surface area contributed by atoms with E-state index in [9.17, 15) is 9.59 Å². The molecule has 0 aromatic heterocycles. The molecular weight excluding hydrogens is 232 g/mol. The van der Waals surface area contributed by atoms with Crippen molar-refractivity contribution in [3.05, 3.63) is 0 Å². The van der Waals surface area contributed by atoms with Crippen molar-refractivity contribution in [3.63, 3.8) is 0 Å². The first kappa shape index (κ1) is 14.8. The fourth-order valence-electron chi connectivity index (χ4n) is 1.96. The van der Waals surface area contributed by atoms with Crippen LogP contribution in [0.1, 0.15) is 46.5 Å². The number of amides is 2. The van der Waals surface area contributed by atoms with Gasteiger partial charge in [-0.15, -0.1) is 0 Å². The van der Waals surface area contributed by atoms with Crippen molar-refractivity contribution < 1.29 is 14.7 Å². The summed E-state index contributed by atoms with van der Waals surface area (Å²) < 4.78 is 0. The zero-order chi connectivity index (χ0) is 13.7. The van der Waals surface area contributed by atoms with Crippen molar-refractivity contribution in [2.24, 2.45) is 5.92 Å².